The van der Waals surface area contributed by atoms with Gasteiger partial charge in [0.15, 0.2) is 0 Å². The van der Waals surface area contributed by atoms with Crippen molar-refractivity contribution < 1.29 is 9.53 Å². The third-order valence-corrected chi connectivity index (χ3v) is 3.54. The summed E-state index contributed by atoms with van der Waals surface area (Å²) in [5.41, 5.74) is 2.54. The summed E-state index contributed by atoms with van der Waals surface area (Å²) in [5.74, 6) is 0.963. The number of anilines is 2. The highest BCUT2D eigenvalue weighted by molar-refractivity contribution is 5.93. The second-order valence-corrected chi connectivity index (χ2v) is 5.42. The van der Waals surface area contributed by atoms with Crippen molar-refractivity contribution in [3.05, 3.63) is 47.4 Å². The number of aryl methyl sites for hydroxylation is 2. The number of hydrogen-bond acceptors (Lipinski definition) is 5. The Labute approximate surface area is 142 Å². The van der Waals surface area contributed by atoms with Gasteiger partial charge < -0.3 is 15.4 Å². The molecule has 2 rings (SSSR count). The summed E-state index contributed by atoms with van der Waals surface area (Å²) >= 11 is 0. The molecule has 2 N–H and O–H groups in total. The van der Waals surface area contributed by atoms with E-state index in [4.69, 9.17) is 4.74 Å². The van der Waals surface area contributed by atoms with Gasteiger partial charge in [-0.2, -0.15) is 0 Å². The quantitative estimate of drug-likeness (QED) is 0.729. The molecule has 0 bridgehead atoms. The summed E-state index contributed by atoms with van der Waals surface area (Å²) in [7, 11) is 1.64. The van der Waals surface area contributed by atoms with Gasteiger partial charge >= 0.3 is 0 Å². The van der Waals surface area contributed by atoms with E-state index < -0.39 is 0 Å². The second-order valence-electron chi connectivity index (χ2n) is 5.42. The van der Waals surface area contributed by atoms with Gasteiger partial charge in [0.25, 0.3) is 5.91 Å². The maximum absolute atomic E-state index is 12.2. The topological polar surface area (TPSA) is 76.1 Å². The van der Waals surface area contributed by atoms with Crippen molar-refractivity contribution in [1.29, 1.82) is 0 Å². The molecular formula is C18H24N4O2. The standard InChI is InChI=1S/C18H24N4O2/c1-4-14-8-5-6-9-15(14)22-17-12-16(20-13(2)21-17)18(23)19-10-7-11-24-3/h5-6,8-9,12H,4,7,10-11H2,1-3H3,(H,19,23)(H,20,21,22). The lowest BCUT2D eigenvalue weighted by Crippen LogP contribution is -2.26. The molecule has 0 saturated heterocycles. The Morgan fingerprint density at radius 1 is 1.25 bits per heavy atom. The Hall–Kier alpha value is -2.47. The van der Waals surface area contributed by atoms with Crippen molar-refractivity contribution in [2.24, 2.45) is 0 Å². The minimum atomic E-state index is -0.205. The largest absolute Gasteiger partial charge is 0.385 e. The number of para-hydroxylation sites is 1. The third kappa shape index (κ3) is 5.03. The number of nitrogens with one attached hydrogen (secondary N) is 2. The first-order chi connectivity index (χ1) is 11.6. The fourth-order valence-electron chi connectivity index (χ4n) is 2.35. The van der Waals surface area contributed by atoms with Gasteiger partial charge in [0, 0.05) is 32.0 Å². The molecule has 0 fully saturated rings. The van der Waals surface area contributed by atoms with Gasteiger partial charge in [-0.25, -0.2) is 9.97 Å². The first-order valence-corrected chi connectivity index (χ1v) is 8.11. The summed E-state index contributed by atoms with van der Waals surface area (Å²) in [6.07, 6.45) is 1.68. The van der Waals surface area contributed by atoms with Crippen LogP contribution >= 0.6 is 0 Å². The minimum Gasteiger partial charge on any atom is -0.385 e. The molecule has 128 valence electrons. The monoisotopic (exact) mass is 328 g/mol. The summed E-state index contributed by atoms with van der Waals surface area (Å²) in [6.45, 7) is 5.05. The molecule has 0 atom stereocenters. The lowest BCUT2D eigenvalue weighted by Gasteiger charge is -2.12. The molecule has 0 aliphatic heterocycles. The summed E-state index contributed by atoms with van der Waals surface area (Å²) in [6, 6.07) is 9.72. The lowest BCUT2D eigenvalue weighted by atomic mass is 10.1. The number of methoxy groups -OCH3 is 1. The lowest BCUT2D eigenvalue weighted by molar-refractivity contribution is 0.0943. The van der Waals surface area contributed by atoms with E-state index in [0.29, 0.717) is 30.5 Å². The minimum absolute atomic E-state index is 0.205. The molecule has 0 unspecified atom stereocenters. The van der Waals surface area contributed by atoms with Crippen LogP contribution in [0, 0.1) is 6.92 Å². The molecule has 6 nitrogen and oxygen atoms in total. The van der Waals surface area contributed by atoms with Crippen LogP contribution in [0.2, 0.25) is 0 Å². The van der Waals surface area contributed by atoms with E-state index in [2.05, 4.69) is 33.6 Å². The molecule has 1 amide bonds. The fraction of sp³-hybridized carbons (Fsp3) is 0.389. The summed E-state index contributed by atoms with van der Waals surface area (Å²) in [4.78, 5) is 20.8. The molecular weight excluding hydrogens is 304 g/mol. The predicted octanol–water partition coefficient (Wildman–Crippen LogP) is 2.86. The van der Waals surface area contributed by atoms with Crippen molar-refractivity contribution in [2.45, 2.75) is 26.7 Å². The van der Waals surface area contributed by atoms with E-state index in [-0.39, 0.29) is 5.91 Å². The highest BCUT2D eigenvalue weighted by Gasteiger charge is 2.11. The van der Waals surface area contributed by atoms with Crippen LogP contribution in [0.5, 0.6) is 0 Å². The number of benzene rings is 1. The SMILES string of the molecule is CCc1ccccc1Nc1cc(C(=O)NCCCOC)nc(C)n1. The van der Waals surface area contributed by atoms with Gasteiger partial charge in [-0.3, -0.25) is 4.79 Å². The Morgan fingerprint density at radius 3 is 2.79 bits per heavy atom. The number of aromatic nitrogens is 2. The van der Waals surface area contributed by atoms with Crippen LogP contribution in [0.15, 0.2) is 30.3 Å². The first kappa shape index (κ1) is 17.9. The molecule has 1 aromatic carbocycles. The zero-order valence-corrected chi connectivity index (χ0v) is 14.4. The zero-order valence-electron chi connectivity index (χ0n) is 14.4. The normalized spacial score (nSPS) is 10.5. The van der Waals surface area contributed by atoms with Crippen LogP contribution in [0.3, 0.4) is 0 Å². The molecule has 0 aliphatic carbocycles. The van der Waals surface area contributed by atoms with Crippen LogP contribution in [-0.4, -0.2) is 36.1 Å². The predicted molar refractivity (Wildman–Crippen MR) is 94.7 cm³/mol. The maximum atomic E-state index is 12.2. The van der Waals surface area contributed by atoms with Gasteiger partial charge in [0.05, 0.1) is 0 Å². The van der Waals surface area contributed by atoms with E-state index in [0.717, 1.165) is 18.5 Å². The molecule has 0 radical (unpaired) electrons. The highest BCUT2D eigenvalue weighted by Crippen LogP contribution is 2.20. The number of ether oxygens (including phenoxy) is 1. The average Bonchev–Trinajstić information content (AvgIpc) is 2.58. The number of rotatable bonds is 8. The number of carbonyl (C=O) groups excluding carboxylic acids is 1. The number of nitrogens with zero attached hydrogens (tertiary/aromatic N) is 2. The number of carbonyl (C=O) groups is 1. The van der Waals surface area contributed by atoms with Crippen molar-refractivity contribution in [2.75, 3.05) is 25.6 Å². The molecule has 2 aromatic rings. The Balaban J connectivity index is 2.12. The van der Waals surface area contributed by atoms with Gasteiger partial charge in [-0.1, -0.05) is 25.1 Å². The smallest absolute Gasteiger partial charge is 0.270 e. The van der Waals surface area contributed by atoms with E-state index in [9.17, 15) is 4.79 Å². The van der Waals surface area contributed by atoms with Crippen LogP contribution < -0.4 is 10.6 Å². The van der Waals surface area contributed by atoms with Crippen LogP contribution in [0.25, 0.3) is 0 Å². The number of hydrogen-bond donors (Lipinski definition) is 2. The summed E-state index contributed by atoms with van der Waals surface area (Å²) < 4.78 is 4.97. The van der Waals surface area contributed by atoms with E-state index in [1.165, 1.54) is 5.56 Å². The van der Waals surface area contributed by atoms with Gasteiger partial charge in [-0.05, 0) is 31.4 Å². The second kappa shape index (κ2) is 8.98. The molecule has 0 aliphatic rings. The first-order valence-electron chi connectivity index (χ1n) is 8.11. The van der Waals surface area contributed by atoms with E-state index in [1.807, 2.05) is 18.2 Å². The zero-order chi connectivity index (χ0) is 17.4. The Morgan fingerprint density at radius 2 is 2.04 bits per heavy atom. The van der Waals surface area contributed by atoms with Gasteiger partial charge in [0.1, 0.15) is 17.3 Å². The Bertz CT molecular complexity index is 688. The molecule has 1 heterocycles. The van der Waals surface area contributed by atoms with Gasteiger partial charge in [-0.15, -0.1) is 0 Å². The number of amides is 1. The van der Waals surface area contributed by atoms with Crippen LogP contribution in [0.1, 0.15) is 35.2 Å². The highest BCUT2D eigenvalue weighted by atomic mass is 16.5. The van der Waals surface area contributed by atoms with Crippen molar-refractivity contribution in [3.8, 4) is 0 Å². The van der Waals surface area contributed by atoms with Crippen LogP contribution in [-0.2, 0) is 11.2 Å². The molecule has 1 aromatic heterocycles. The molecule has 0 saturated carbocycles. The summed E-state index contributed by atoms with van der Waals surface area (Å²) in [5, 5.41) is 6.12. The Kier molecular flexibility index (Phi) is 6.69. The van der Waals surface area contributed by atoms with Crippen molar-refractivity contribution in [3.63, 3.8) is 0 Å². The van der Waals surface area contributed by atoms with Crippen LogP contribution in [0.4, 0.5) is 11.5 Å². The molecule has 0 spiro atoms. The van der Waals surface area contributed by atoms with E-state index >= 15 is 0 Å². The molecule has 6 heteroatoms. The van der Waals surface area contributed by atoms with Crippen molar-refractivity contribution >= 4 is 17.4 Å². The average molecular weight is 328 g/mol. The maximum Gasteiger partial charge on any atom is 0.270 e. The van der Waals surface area contributed by atoms with E-state index in [1.54, 1.807) is 20.1 Å². The molecule has 24 heavy (non-hydrogen) atoms. The third-order valence-electron chi connectivity index (χ3n) is 3.54. The fourth-order valence-corrected chi connectivity index (χ4v) is 2.35. The van der Waals surface area contributed by atoms with Crippen molar-refractivity contribution in [1.82, 2.24) is 15.3 Å². The van der Waals surface area contributed by atoms with Gasteiger partial charge in [0.2, 0.25) is 0 Å².